The fourth-order valence-corrected chi connectivity index (χ4v) is 1.52. The Morgan fingerprint density at radius 2 is 2.33 bits per heavy atom. The van der Waals surface area contributed by atoms with Crippen LogP contribution in [0.5, 0.6) is 0 Å². The van der Waals surface area contributed by atoms with Crippen molar-refractivity contribution in [1.82, 2.24) is 4.90 Å². The number of likely N-dealkylation sites (tertiary alicyclic amines) is 1. The summed E-state index contributed by atoms with van der Waals surface area (Å²) in [6.45, 7) is 2.78. The number of Topliss-reactive ketones (excluding diaryl/α,β-unsaturated/α-hetero) is 1. The number of β-amino-alcohol motifs (C(OH)–C–C–N with tert-alkyl or cyclic N) is 1. The lowest BCUT2D eigenvalue weighted by atomic mass is 10.1. The van der Waals surface area contributed by atoms with Crippen LogP contribution in [0.2, 0.25) is 0 Å². The van der Waals surface area contributed by atoms with Gasteiger partial charge in [-0.15, -0.1) is 0 Å². The van der Waals surface area contributed by atoms with Gasteiger partial charge in [-0.1, -0.05) is 0 Å². The van der Waals surface area contributed by atoms with Crippen LogP contribution in [0.4, 0.5) is 0 Å². The highest BCUT2D eigenvalue weighted by molar-refractivity contribution is 5.77. The predicted molar refractivity (Wildman–Crippen MR) is 43.8 cm³/mol. The van der Waals surface area contributed by atoms with Gasteiger partial charge in [0.15, 0.2) is 0 Å². The highest BCUT2D eigenvalue weighted by Gasteiger charge is 2.35. The molecule has 0 bridgehead atoms. The number of nitrogens with zero attached hydrogens (tertiary/aromatic N) is 1. The molecule has 0 saturated carbocycles. The summed E-state index contributed by atoms with van der Waals surface area (Å²) in [6.07, 6.45) is 0.552. The summed E-state index contributed by atoms with van der Waals surface area (Å²) in [5.41, 5.74) is -0.977. The number of hydrogen-bond donors (Lipinski definition) is 2. The molecule has 12 heavy (non-hydrogen) atoms. The standard InChI is InChI=1S/C8H15NO3/c1-7(11)4-9-3-2-8(12,5-9)6-10/h10,12H,2-6H2,1H3. The van der Waals surface area contributed by atoms with Gasteiger partial charge in [-0.3, -0.25) is 9.69 Å². The molecule has 0 aromatic carbocycles. The van der Waals surface area contributed by atoms with Crippen molar-refractivity contribution in [3.05, 3.63) is 0 Å². The van der Waals surface area contributed by atoms with Gasteiger partial charge in [0.1, 0.15) is 11.4 Å². The quantitative estimate of drug-likeness (QED) is 0.575. The van der Waals surface area contributed by atoms with Crippen LogP contribution in [-0.4, -0.2) is 52.7 Å². The van der Waals surface area contributed by atoms with Crippen LogP contribution >= 0.6 is 0 Å². The summed E-state index contributed by atoms with van der Waals surface area (Å²) in [4.78, 5) is 12.6. The second kappa shape index (κ2) is 3.51. The Balaban J connectivity index is 2.40. The van der Waals surface area contributed by atoms with Gasteiger partial charge >= 0.3 is 0 Å². The van der Waals surface area contributed by atoms with E-state index in [2.05, 4.69) is 0 Å². The van der Waals surface area contributed by atoms with E-state index in [0.29, 0.717) is 26.1 Å². The average Bonchev–Trinajstić information content (AvgIpc) is 2.32. The van der Waals surface area contributed by atoms with Crippen molar-refractivity contribution in [2.45, 2.75) is 18.9 Å². The second-order valence-electron chi connectivity index (χ2n) is 3.55. The Hall–Kier alpha value is -0.450. The minimum Gasteiger partial charge on any atom is -0.393 e. The smallest absolute Gasteiger partial charge is 0.143 e. The lowest BCUT2D eigenvalue weighted by Gasteiger charge is -2.19. The van der Waals surface area contributed by atoms with Crippen molar-refractivity contribution in [3.8, 4) is 0 Å². The molecule has 0 spiro atoms. The van der Waals surface area contributed by atoms with Crippen LogP contribution in [0, 0.1) is 0 Å². The number of aliphatic hydroxyl groups excluding tert-OH is 1. The summed E-state index contributed by atoms with van der Waals surface area (Å²) in [5, 5.41) is 18.4. The Bertz CT molecular complexity index is 183. The number of carbonyl (C=O) groups is 1. The third-order valence-electron chi connectivity index (χ3n) is 2.15. The van der Waals surface area contributed by atoms with Gasteiger partial charge in [0.2, 0.25) is 0 Å². The summed E-state index contributed by atoms with van der Waals surface area (Å²) >= 11 is 0. The fraction of sp³-hybridized carbons (Fsp3) is 0.875. The predicted octanol–water partition coefficient (Wildman–Crippen LogP) is -0.996. The van der Waals surface area contributed by atoms with Gasteiger partial charge in [0.25, 0.3) is 0 Å². The topological polar surface area (TPSA) is 60.8 Å². The lowest BCUT2D eigenvalue weighted by Crippen LogP contribution is -2.37. The van der Waals surface area contributed by atoms with Crippen LogP contribution < -0.4 is 0 Å². The number of carbonyl (C=O) groups excluding carboxylic acids is 1. The van der Waals surface area contributed by atoms with Crippen molar-refractivity contribution in [2.24, 2.45) is 0 Å². The lowest BCUT2D eigenvalue weighted by molar-refractivity contribution is -0.118. The Labute approximate surface area is 71.8 Å². The molecule has 1 aliphatic rings. The molecule has 1 unspecified atom stereocenters. The number of aliphatic hydroxyl groups is 2. The molecule has 1 heterocycles. The van der Waals surface area contributed by atoms with E-state index >= 15 is 0 Å². The molecule has 1 aliphatic heterocycles. The molecule has 70 valence electrons. The third kappa shape index (κ3) is 2.27. The van der Waals surface area contributed by atoms with E-state index in [1.54, 1.807) is 0 Å². The van der Waals surface area contributed by atoms with E-state index in [1.807, 2.05) is 4.90 Å². The summed E-state index contributed by atoms with van der Waals surface area (Å²) in [6, 6.07) is 0. The molecule has 1 atom stereocenters. The molecule has 1 saturated heterocycles. The molecule has 2 N–H and O–H groups in total. The summed E-state index contributed by atoms with van der Waals surface area (Å²) < 4.78 is 0. The summed E-state index contributed by atoms with van der Waals surface area (Å²) in [7, 11) is 0. The first-order chi connectivity index (χ1) is 5.56. The third-order valence-corrected chi connectivity index (χ3v) is 2.15. The van der Waals surface area contributed by atoms with Crippen LogP contribution in [0.25, 0.3) is 0 Å². The van der Waals surface area contributed by atoms with Gasteiger partial charge in [-0.05, 0) is 13.3 Å². The van der Waals surface area contributed by atoms with E-state index in [4.69, 9.17) is 5.11 Å². The van der Waals surface area contributed by atoms with Gasteiger partial charge < -0.3 is 10.2 Å². The normalized spacial score (nSPS) is 30.9. The van der Waals surface area contributed by atoms with Crippen molar-refractivity contribution >= 4 is 5.78 Å². The van der Waals surface area contributed by atoms with E-state index in [0.717, 1.165) is 0 Å². The van der Waals surface area contributed by atoms with Crippen LogP contribution in [-0.2, 0) is 4.79 Å². The zero-order chi connectivity index (χ0) is 9.19. The zero-order valence-electron chi connectivity index (χ0n) is 7.29. The fourth-order valence-electron chi connectivity index (χ4n) is 1.52. The van der Waals surface area contributed by atoms with E-state index in [9.17, 15) is 9.90 Å². The second-order valence-corrected chi connectivity index (χ2v) is 3.55. The first-order valence-electron chi connectivity index (χ1n) is 4.11. The van der Waals surface area contributed by atoms with Gasteiger partial charge in [0, 0.05) is 13.1 Å². The van der Waals surface area contributed by atoms with E-state index in [-0.39, 0.29) is 12.4 Å². The zero-order valence-corrected chi connectivity index (χ0v) is 7.29. The van der Waals surface area contributed by atoms with Crippen molar-refractivity contribution < 1.29 is 15.0 Å². The largest absolute Gasteiger partial charge is 0.393 e. The van der Waals surface area contributed by atoms with Crippen molar-refractivity contribution in [3.63, 3.8) is 0 Å². The Morgan fingerprint density at radius 1 is 1.67 bits per heavy atom. The maximum absolute atomic E-state index is 10.7. The van der Waals surface area contributed by atoms with Crippen LogP contribution in [0.1, 0.15) is 13.3 Å². The van der Waals surface area contributed by atoms with Gasteiger partial charge in [-0.25, -0.2) is 0 Å². The minimum atomic E-state index is -0.977. The molecule has 4 heteroatoms. The van der Waals surface area contributed by atoms with Gasteiger partial charge in [0.05, 0.1) is 13.2 Å². The maximum Gasteiger partial charge on any atom is 0.143 e. The minimum absolute atomic E-state index is 0.0946. The van der Waals surface area contributed by atoms with Crippen LogP contribution in [0.3, 0.4) is 0 Å². The molecule has 1 rings (SSSR count). The Morgan fingerprint density at radius 3 is 2.75 bits per heavy atom. The molecule has 0 amide bonds. The molecule has 0 radical (unpaired) electrons. The van der Waals surface area contributed by atoms with Gasteiger partial charge in [-0.2, -0.15) is 0 Å². The SMILES string of the molecule is CC(=O)CN1CCC(O)(CO)C1. The van der Waals surface area contributed by atoms with Crippen molar-refractivity contribution in [2.75, 3.05) is 26.2 Å². The van der Waals surface area contributed by atoms with E-state index < -0.39 is 5.60 Å². The number of rotatable bonds is 3. The monoisotopic (exact) mass is 173 g/mol. The highest BCUT2D eigenvalue weighted by atomic mass is 16.3. The summed E-state index contributed by atoms with van der Waals surface area (Å²) in [5.74, 6) is 0.0946. The van der Waals surface area contributed by atoms with Crippen LogP contribution in [0.15, 0.2) is 0 Å². The molecule has 4 nitrogen and oxygen atoms in total. The molecule has 0 aliphatic carbocycles. The number of hydrogen-bond acceptors (Lipinski definition) is 4. The van der Waals surface area contributed by atoms with Crippen molar-refractivity contribution in [1.29, 1.82) is 0 Å². The Kier molecular flexibility index (Phi) is 2.82. The first kappa shape index (κ1) is 9.64. The molecule has 1 fully saturated rings. The molecular weight excluding hydrogens is 158 g/mol. The first-order valence-corrected chi connectivity index (χ1v) is 4.11. The maximum atomic E-state index is 10.7. The van der Waals surface area contributed by atoms with E-state index in [1.165, 1.54) is 6.92 Å². The molecule has 0 aromatic rings. The molecular formula is C8H15NO3. The average molecular weight is 173 g/mol. The molecule has 0 aromatic heterocycles. The number of ketones is 1. The highest BCUT2D eigenvalue weighted by Crippen LogP contribution is 2.19.